The molecule has 0 bridgehead atoms. The molecule has 5 amide bonds. The van der Waals surface area contributed by atoms with Gasteiger partial charge in [-0.25, -0.2) is 4.79 Å². The van der Waals surface area contributed by atoms with Gasteiger partial charge in [-0.1, -0.05) is 0 Å². The van der Waals surface area contributed by atoms with Crippen molar-refractivity contribution < 1.29 is 212 Å². The number of hydrogen-bond acceptors (Lipinski definition) is 42. The largest absolute Gasteiger partial charge is 0.477 e. The van der Waals surface area contributed by atoms with Crippen molar-refractivity contribution in [2.75, 3.05) is 46.2 Å². The van der Waals surface area contributed by atoms with Gasteiger partial charge >= 0.3 is 5.97 Å². The van der Waals surface area contributed by atoms with Crippen molar-refractivity contribution in [1.29, 1.82) is 0 Å². The monoisotopic (exact) mass is 1590 g/mol. The Morgan fingerprint density at radius 3 is 1.31 bits per heavy atom. The minimum absolute atomic E-state index is 0.844. The fraction of sp³-hybridized carbons (Fsp3) is 0.902. The minimum atomic E-state index is -3.42. The van der Waals surface area contributed by atoms with Crippen LogP contribution in [-0.2, 0) is 99.8 Å². The summed E-state index contributed by atoms with van der Waals surface area (Å²) in [6, 6.07) is -9.25. The zero-order chi connectivity index (χ0) is 80.9. The van der Waals surface area contributed by atoms with E-state index in [0.29, 0.717) is 0 Å². The number of hydrogen-bond donors (Lipinski definition) is 27. The molecule has 0 radical (unpaired) electrons. The summed E-state index contributed by atoms with van der Waals surface area (Å²) in [7, 11) is 0. The van der Waals surface area contributed by atoms with Crippen molar-refractivity contribution in [3.63, 3.8) is 0 Å². The molecule has 8 rings (SSSR count). The van der Waals surface area contributed by atoms with Crippen molar-refractivity contribution in [3.8, 4) is 0 Å². The fourth-order valence-electron chi connectivity index (χ4n) is 14.0. The van der Waals surface area contributed by atoms with Crippen molar-refractivity contribution in [2.45, 2.75) is 299 Å². The SMILES string of the molecule is CC(=O)N[C@H]1[C@H](OC[C@H]2OC(O)[C@H](NC(C)=O)[C@@H](O[C@@H]3O[C@H](CO)[C@H](O)[C@H](O[C@H]4O[C@H](CO)[C@H](O)[C@H](O)[C@H]4NC(C)=O)[C@H]3O[C@@H]3O[C@@H](C)[C@@H](O)[C@@H](O)[C@@H]3O)[C@H]2O)O[C@H](CO)[C@@H](O[C@@H]2O[C@H](CO)[C@H](O[C@@H]3O[C@H](CO)[C@H](O)[C@H](O)[C@H]3NC(C)=O)[C@H](O[C@]3(C(=O)O)C[C@H](O)[C@@H](NC(C)=O)[C@H]([C@H](O)[C@H](O)CO)O3)[C@H]2O)[C@@H]1O. The Hall–Kier alpha value is -4.62. The van der Waals surface area contributed by atoms with Crippen molar-refractivity contribution in [1.82, 2.24) is 26.6 Å². The molecule has 48 nitrogen and oxygen atoms in total. The number of aliphatic hydroxyl groups excluding tert-OH is 21. The van der Waals surface area contributed by atoms with Crippen molar-refractivity contribution in [3.05, 3.63) is 0 Å². The molecule has 8 saturated heterocycles. The average Bonchev–Trinajstić information content (AvgIpc) is 0.741. The molecular formula is C61H101N5O43. The van der Waals surface area contributed by atoms with Crippen molar-refractivity contribution >= 4 is 35.5 Å². The maximum Gasteiger partial charge on any atom is 0.364 e. The molecule has 0 aromatic carbocycles. The smallest absolute Gasteiger partial charge is 0.364 e. The number of aliphatic hydroxyl groups is 21. The maximum absolute atomic E-state index is 13.7. The van der Waals surface area contributed by atoms with Crippen LogP contribution in [0.5, 0.6) is 0 Å². The Morgan fingerprint density at radius 1 is 0.394 bits per heavy atom. The number of ether oxygens (including phenoxy) is 15. The van der Waals surface area contributed by atoms with Crippen LogP contribution in [0.1, 0.15) is 48.0 Å². The molecule has 628 valence electrons. The van der Waals surface area contributed by atoms with E-state index in [-0.39, 0.29) is 0 Å². The van der Waals surface area contributed by atoms with Crippen LogP contribution in [0, 0.1) is 0 Å². The first-order valence-corrected chi connectivity index (χ1v) is 34.6. The quantitative estimate of drug-likeness (QED) is 0.0331. The number of carboxylic acids is 1. The Balaban J connectivity index is 1.11. The van der Waals surface area contributed by atoms with Crippen LogP contribution in [0.15, 0.2) is 0 Å². The highest BCUT2D eigenvalue weighted by atomic mass is 16.8. The highest BCUT2D eigenvalue weighted by molar-refractivity contribution is 5.77. The van der Waals surface area contributed by atoms with Gasteiger partial charge in [0.05, 0.1) is 64.5 Å². The molecule has 41 atom stereocenters. The number of carbonyl (C=O) groups is 6. The number of nitrogens with one attached hydrogen (secondary N) is 5. The van der Waals surface area contributed by atoms with Crippen LogP contribution >= 0.6 is 0 Å². The summed E-state index contributed by atoms with van der Waals surface area (Å²) in [4.78, 5) is 77.1. The Labute approximate surface area is 617 Å². The van der Waals surface area contributed by atoms with E-state index in [0.717, 1.165) is 34.6 Å². The van der Waals surface area contributed by atoms with Crippen LogP contribution in [0.25, 0.3) is 0 Å². The molecule has 48 heteroatoms. The van der Waals surface area contributed by atoms with Gasteiger partial charge in [0.2, 0.25) is 29.5 Å². The van der Waals surface area contributed by atoms with Crippen LogP contribution in [0.2, 0.25) is 0 Å². The summed E-state index contributed by atoms with van der Waals surface area (Å²) >= 11 is 0. The van der Waals surface area contributed by atoms with E-state index < -0.39 is 339 Å². The first kappa shape index (κ1) is 89.9. The molecule has 8 aliphatic rings. The molecular weight excluding hydrogens is 1490 g/mol. The minimum Gasteiger partial charge on any atom is -0.477 e. The summed E-state index contributed by atoms with van der Waals surface area (Å²) < 4.78 is 89.8. The van der Waals surface area contributed by atoms with Gasteiger partial charge in [-0.05, 0) is 6.92 Å². The lowest BCUT2D eigenvalue weighted by Crippen LogP contribution is -2.72. The highest BCUT2D eigenvalue weighted by Crippen LogP contribution is 2.42. The topological polar surface area (TPSA) is 746 Å². The van der Waals surface area contributed by atoms with Crippen LogP contribution < -0.4 is 26.6 Å². The summed E-state index contributed by atoms with van der Waals surface area (Å²) in [5, 5.41) is 257. The summed E-state index contributed by atoms with van der Waals surface area (Å²) in [5.41, 5.74) is 0. The number of rotatable bonds is 29. The van der Waals surface area contributed by atoms with Crippen LogP contribution in [0.4, 0.5) is 0 Å². The highest BCUT2D eigenvalue weighted by Gasteiger charge is 2.63. The lowest BCUT2D eigenvalue weighted by Gasteiger charge is -2.52. The lowest BCUT2D eigenvalue weighted by molar-refractivity contribution is -0.399. The third-order valence-corrected chi connectivity index (χ3v) is 19.6. The van der Waals surface area contributed by atoms with Gasteiger partial charge in [-0.2, -0.15) is 0 Å². The normalized spacial score (nSPS) is 46.2. The predicted molar refractivity (Wildman–Crippen MR) is 338 cm³/mol. The van der Waals surface area contributed by atoms with Crippen molar-refractivity contribution in [2.24, 2.45) is 0 Å². The summed E-state index contributed by atoms with van der Waals surface area (Å²) in [5.74, 6) is -10.2. The predicted octanol–water partition coefficient (Wildman–Crippen LogP) is -17.5. The van der Waals surface area contributed by atoms with Gasteiger partial charge in [-0.3, -0.25) is 24.0 Å². The zero-order valence-corrected chi connectivity index (χ0v) is 59.2. The average molecular weight is 1590 g/mol. The number of carbonyl (C=O) groups excluding carboxylic acids is 5. The van der Waals surface area contributed by atoms with Gasteiger partial charge in [0.1, 0.15) is 183 Å². The lowest BCUT2D eigenvalue weighted by atomic mass is 9.88. The second-order valence-electron chi connectivity index (χ2n) is 27.5. The maximum atomic E-state index is 13.7. The van der Waals surface area contributed by atoms with Gasteiger partial charge in [-0.15, -0.1) is 0 Å². The van der Waals surface area contributed by atoms with E-state index in [9.17, 15) is 141 Å². The Bertz CT molecular complexity index is 2980. The Morgan fingerprint density at radius 2 is 0.807 bits per heavy atom. The van der Waals surface area contributed by atoms with Gasteiger partial charge < -0.3 is 210 Å². The molecule has 0 aliphatic carbocycles. The Kier molecular flexibility index (Phi) is 31.9. The molecule has 27 N–H and O–H groups in total. The first-order chi connectivity index (χ1) is 51.3. The second kappa shape index (κ2) is 38.7. The third-order valence-electron chi connectivity index (χ3n) is 19.6. The van der Waals surface area contributed by atoms with E-state index in [1.807, 2.05) is 0 Å². The molecule has 8 heterocycles. The van der Waals surface area contributed by atoms with Gasteiger partial charge in [0.25, 0.3) is 5.79 Å². The van der Waals surface area contributed by atoms with Gasteiger partial charge in [0.15, 0.2) is 44.0 Å². The second-order valence-corrected chi connectivity index (χ2v) is 27.5. The van der Waals surface area contributed by atoms with E-state index in [1.54, 1.807) is 0 Å². The fourth-order valence-corrected chi connectivity index (χ4v) is 14.0. The molecule has 1 unspecified atom stereocenters. The summed E-state index contributed by atoms with van der Waals surface area (Å²) in [6.07, 6.45) is -74.5. The molecule has 0 aromatic rings. The molecule has 8 fully saturated rings. The van der Waals surface area contributed by atoms with E-state index >= 15 is 0 Å². The summed E-state index contributed by atoms with van der Waals surface area (Å²) in [6.45, 7) is -1.97. The number of amides is 5. The first-order valence-electron chi connectivity index (χ1n) is 34.6. The molecule has 0 saturated carbocycles. The van der Waals surface area contributed by atoms with E-state index in [1.165, 1.54) is 6.92 Å². The number of carboxylic acid groups (broad SMARTS) is 1. The number of aliphatic carboxylic acids is 1. The molecule has 8 aliphatic heterocycles. The van der Waals surface area contributed by atoms with Crippen LogP contribution in [0.3, 0.4) is 0 Å². The molecule has 0 aromatic heterocycles. The van der Waals surface area contributed by atoms with E-state index in [2.05, 4.69) is 26.6 Å². The van der Waals surface area contributed by atoms with Gasteiger partial charge in [0, 0.05) is 41.0 Å². The molecule has 0 spiro atoms. The standard InChI is InChI=1S/C61H101N5O43/c1-15-34(80)43(89)44(90)57(96-15)107-52-50(106-56-31(64-18(4)75)41(87)37(83)24(10-69)99-56)38(84)25(11-70)100-59(52)105-48-33(66-20(6)77)53(92)97-28(39(48)85)14-95-54-32(65-19(5)76)42(88)46(26(12-71)101-54)103-58-45(91)51(47(27(13-72)102-58)104-55-30(63-17(3)74)40(86)36(82)23(9-68)98-55)109-61(60(93)94)7-21(78)29(62-16(2)73)49(108-61)35(81)22(79)8-67/h15,21-59,67-72,78-92H,7-14H2,1-6H3,(H,62,73)(H,63,74)(H,64,75)(H,65,76)(H,66,77)(H,93,94)/t15-,21-,22+,23+,24+,25+,26+,27+,28+,29+,30+,31+,32+,33+,34+,35+,36-,37-,38-,39-,40+,41+,42+,43+,44-,45+,46+,47-,48+,49+,50-,51+,52+,53?,54+,55-,56+,57-,58-,59-,61-/m0/s1. The van der Waals surface area contributed by atoms with E-state index in [4.69, 9.17) is 71.1 Å². The third kappa shape index (κ3) is 20.2. The van der Waals surface area contributed by atoms with Crippen LogP contribution in [-0.4, -0.2) is 445 Å². The molecule has 109 heavy (non-hydrogen) atoms. The zero-order valence-electron chi connectivity index (χ0n) is 59.2.